The van der Waals surface area contributed by atoms with Crippen LogP contribution in [0, 0.1) is 17.8 Å². The Bertz CT molecular complexity index is 2060. The first-order chi connectivity index (χ1) is 25.5. The molecule has 2 aliphatic heterocycles. The number of halogens is 1. The third kappa shape index (κ3) is 7.54. The van der Waals surface area contributed by atoms with Gasteiger partial charge in [0.25, 0.3) is 5.91 Å². The number of nitrogens with one attached hydrogen (secondary N) is 1. The van der Waals surface area contributed by atoms with E-state index < -0.39 is 15.6 Å². The number of benzene rings is 2. The Balaban J connectivity index is 1.13. The average Bonchev–Trinajstić information content (AvgIpc) is 3.76. The van der Waals surface area contributed by atoms with Crippen molar-refractivity contribution >= 4 is 38.8 Å². The first kappa shape index (κ1) is 36.3. The summed E-state index contributed by atoms with van der Waals surface area (Å²) >= 11 is 6.47. The smallest absolute Gasteiger partial charge is 0.285 e. The molecule has 3 aromatic rings. The highest BCUT2D eigenvalue weighted by Crippen LogP contribution is 2.47. The maximum Gasteiger partial charge on any atom is 0.285 e. The molecule has 12 heteroatoms. The van der Waals surface area contributed by atoms with Crippen LogP contribution in [-0.4, -0.2) is 76.3 Å². The number of carbonyl (C=O) groups is 2. The normalized spacial score (nSPS) is 33.0. The van der Waals surface area contributed by atoms with Crippen LogP contribution in [0.5, 0.6) is 5.75 Å². The van der Waals surface area contributed by atoms with E-state index in [1.54, 1.807) is 17.9 Å². The molecule has 53 heavy (non-hydrogen) atoms. The van der Waals surface area contributed by atoms with Crippen LogP contribution in [-0.2, 0) is 38.1 Å². The molecule has 3 heterocycles. The molecule has 2 bridgehead atoms. The van der Waals surface area contributed by atoms with E-state index in [1.807, 2.05) is 44.6 Å². The van der Waals surface area contributed by atoms with Crippen LogP contribution in [0.1, 0.15) is 78.4 Å². The molecule has 2 aromatic carbocycles. The summed E-state index contributed by atoms with van der Waals surface area (Å²) in [4.78, 5) is 29.9. The molecule has 0 saturated heterocycles. The number of nitrogens with zero attached hydrogens (tertiary/aromatic N) is 4. The molecule has 0 unspecified atom stereocenters. The SMILES string of the molecule is CO[C@H]1/C=C/C[C@H](C)C[S@@](=O)(CC(=O)N[C@@H]2C[C@H]2c2cnn(C)c2)=NC(=O)c2ccc3c(c2)N(C[C@@H]2CC[C@H]21)C[C@@]1(CCCc2cc(Cl)ccc21)CO3. The Hall–Kier alpha value is -3.67. The van der Waals surface area contributed by atoms with Crippen LogP contribution in [0.15, 0.2) is 65.3 Å². The molecule has 3 aliphatic carbocycles. The molecule has 282 valence electrons. The van der Waals surface area contributed by atoms with Crippen LogP contribution in [0.2, 0.25) is 5.02 Å². The van der Waals surface area contributed by atoms with E-state index in [9.17, 15) is 13.8 Å². The summed E-state index contributed by atoms with van der Waals surface area (Å²) in [6.07, 6.45) is 14.6. The molecule has 2 amide bonds. The summed E-state index contributed by atoms with van der Waals surface area (Å²) in [5.74, 6) is 0.452. The lowest BCUT2D eigenvalue weighted by molar-refractivity contribution is -0.118. The Morgan fingerprint density at radius 3 is 2.85 bits per heavy atom. The lowest BCUT2D eigenvalue weighted by Crippen LogP contribution is -2.49. The van der Waals surface area contributed by atoms with Crippen LogP contribution in [0.4, 0.5) is 5.69 Å². The predicted octanol–water partition coefficient (Wildman–Crippen LogP) is 6.46. The number of ether oxygens (including phenoxy) is 2. The number of aromatic nitrogens is 2. The summed E-state index contributed by atoms with van der Waals surface area (Å²) < 4.78 is 33.6. The molecular weight excluding hydrogens is 710 g/mol. The van der Waals surface area contributed by atoms with Gasteiger partial charge in [-0.25, -0.2) is 4.21 Å². The zero-order valence-electron chi connectivity index (χ0n) is 30.8. The van der Waals surface area contributed by atoms with Gasteiger partial charge in [0.2, 0.25) is 5.91 Å². The number of amides is 2. The molecule has 1 spiro atoms. The minimum absolute atomic E-state index is 0.0397. The average molecular weight is 760 g/mol. The van der Waals surface area contributed by atoms with E-state index in [2.05, 4.69) is 44.0 Å². The van der Waals surface area contributed by atoms with Crippen molar-refractivity contribution in [3.8, 4) is 5.75 Å². The summed E-state index contributed by atoms with van der Waals surface area (Å²) in [6, 6.07) is 11.7. The van der Waals surface area contributed by atoms with E-state index >= 15 is 0 Å². The van der Waals surface area contributed by atoms with Gasteiger partial charge in [0, 0.05) is 67.2 Å². The minimum atomic E-state index is -3.26. The van der Waals surface area contributed by atoms with E-state index in [-0.39, 0.29) is 46.8 Å². The summed E-state index contributed by atoms with van der Waals surface area (Å²) in [5.41, 5.74) is 4.57. The fraction of sp³-hybridized carbons (Fsp3) is 0.537. The number of fused-ring (bicyclic) bond motifs is 4. The van der Waals surface area contributed by atoms with Crippen molar-refractivity contribution in [3.05, 3.63) is 88.2 Å². The number of hydrogen-bond acceptors (Lipinski definition) is 7. The van der Waals surface area contributed by atoms with Crippen molar-refractivity contribution in [2.24, 2.45) is 29.2 Å². The molecule has 10 nitrogen and oxygen atoms in total. The van der Waals surface area contributed by atoms with Gasteiger partial charge in [-0.1, -0.05) is 36.7 Å². The number of carbonyl (C=O) groups excluding carboxylic acids is 2. The van der Waals surface area contributed by atoms with Gasteiger partial charge < -0.3 is 19.7 Å². The van der Waals surface area contributed by atoms with Crippen LogP contribution < -0.4 is 15.0 Å². The van der Waals surface area contributed by atoms with Crippen molar-refractivity contribution in [1.29, 1.82) is 0 Å². The van der Waals surface area contributed by atoms with Gasteiger partial charge in [0.15, 0.2) is 0 Å². The van der Waals surface area contributed by atoms with Gasteiger partial charge in [-0.3, -0.25) is 14.3 Å². The zero-order chi connectivity index (χ0) is 36.9. The van der Waals surface area contributed by atoms with Crippen molar-refractivity contribution in [2.45, 2.75) is 75.3 Å². The van der Waals surface area contributed by atoms with E-state index in [4.69, 9.17) is 21.1 Å². The second-order valence-electron chi connectivity index (χ2n) is 16.2. The van der Waals surface area contributed by atoms with Crippen molar-refractivity contribution < 1.29 is 23.3 Å². The molecular formula is C41H50ClN5O5S. The number of aryl methyl sites for hydroxylation is 2. The fourth-order valence-electron chi connectivity index (χ4n) is 9.28. The second kappa shape index (κ2) is 14.5. The molecule has 2 fully saturated rings. The number of methoxy groups -OCH3 is 1. The topological polar surface area (TPSA) is 115 Å². The second-order valence-corrected chi connectivity index (χ2v) is 19.0. The molecule has 5 aliphatic rings. The van der Waals surface area contributed by atoms with Gasteiger partial charge in [0.1, 0.15) is 11.5 Å². The predicted molar refractivity (Wildman–Crippen MR) is 207 cm³/mol. The van der Waals surface area contributed by atoms with Gasteiger partial charge in [-0.15, -0.1) is 0 Å². The number of allylic oxidation sites excluding steroid dienone is 1. The first-order valence-electron chi connectivity index (χ1n) is 19.1. The zero-order valence-corrected chi connectivity index (χ0v) is 32.4. The molecule has 1 aromatic heterocycles. The number of anilines is 1. The highest BCUT2D eigenvalue weighted by molar-refractivity contribution is 7.94. The highest BCUT2D eigenvalue weighted by Gasteiger charge is 2.45. The lowest BCUT2D eigenvalue weighted by atomic mass is 9.68. The molecule has 8 atom stereocenters. The van der Waals surface area contributed by atoms with Gasteiger partial charge >= 0.3 is 0 Å². The minimum Gasteiger partial charge on any atom is -0.490 e. The summed E-state index contributed by atoms with van der Waals surface area (Å²) in [5, 5.41) is 8.05. The number of hydrogen-bond donors (Lipinski definition) is 1. The quantitative estimate of drug-likeness (QED) is 0.297. The first-order valence-corrected chi connectivity index (χ1v) is 21.3. The highest BCUT2D eigenvalue weighted by atomic mass is 35.5. The maximum absolute atomic E-state index is 14.7. The van der Waals surface area contributed by atoms with Crippen LogP contribution in [0.25, 0.3) is 0 Å². The molecule has 1 N–H and O–H groups in total. The van der Waals surface area contributed by atoms with E-state index in [0.717, 1.165) is 73.6 Å². The standard InChI is InChI=1S/C41H50ClN5O5S/c1-26-6-4-8-37(51-3)32-12-9-29(32)21-47-24-41(15-5-7-27-16-31(42)11-13-34(27)41)25-52-38-14-10-28(17-36(38)47)40(49)45-53(50,22-26)23-39(48)44-35-18-33(35)30-19-43-46(2)20-30/h4,8,10-11,13-14,16-17,19-20,26,29,32-33,35,37H,5-7,9,12,15,18,21-25H2,1-3H3,(H,44,48)/b8-4+/t26-,29-,32+,33-,35+,37-,41-,53+/m0/s1. The maximum atomic E-state index is 14.7. The molecule has 2 saturated carbocycles. The van der Waals surface area contributed by atoms with Gasteiger partial charge in [-0.2, -0.15) is 9.46 Å². The third-order valence-corrected chi connectivity index (χ3v) is 14.8. The van der Waals surface area contributed by atoms with Crippen molar-refractivity contribution in [1.82, 2.24) is 15.1 Å². The fourth-order valence-corrected chi connectivity index (χ4v) is 11.7. The summed E-state index contributed by atoms with van der Waals surface area (Å²) in [7, 11) is 0.385. The Labute approximate surface area is 317 Å². The van der Waals surface area contributed by atoms with Crippen molar-refractivity contribution in [3.63, 3.8) is 0 Å². The molecule has 8 rings (SSSR count). The Kier molecular flexibility index (Phi) is 9.95. The van der Waals surface area contributed by atoms with Crippen LogP contribution >= 0.6 is 11.6 Å². The van der Waals surface area contributed by atoms with E-state index in [1.165, 1.54) is 11.1 Å². The third-order valence-electron chi connectivity index (χ3n) is 12.2. The number of rotatable bonds is 5. The van der Waals surface area contributed by atoms with Gasteiger partial charge in [0.05, 0.1) is 34.3 Å². The van der Waals surface area contributed by atoms with Gasteiger partial charge in [-0.05, 0) is 110 Å². The monoisotopic (exact) mass is 759 g/mol. The lowest BCUT2D eigenvalue weighted by Gasteiger charge is -2.46. The summed E-state index contributed by atoms with van der Waals surface area (Å²) in [6.45, 7) is 4.05. The van der Waals surface area contributed by atoms with Crippen molar-refractivity contribution in [2.75, 3.05) is 43.2 Å². The Morgan fingerprint density at radius 1 is 1.21 bits per heavy atom. The Morgan fingerprint density at radius 2 is 2.08 bits per heavy atom. The van der Waals surface area contributed by atoms with Crippen LogP contribution in [0.3, 0.4) is 0 Å². The largest absolute Gasteiger partial charge is 0.490 e. The molecule has 0 radical (unpaired) electrons. The van der Waals surface area contributed by atoms with E-state index in [0.29, 0.717) is 30.4 Å².